The molecule has 0 spiro atoms. The van der Waals surface area contributed by atoms with Crippen LogP contribution in [0.25, 0.3) is 0 Å². The molecular weight excluding hydrogens is 247 g/mol. The quantitative estimate of drug-likeness (QED) is 0.769. The van der Waals surface area contributed by atoms with Crippen LogP contribution in [0.1, 0.15) is 18.4 Å². The Balaban J connectivity index is 1.96. The number of piperazine rings is 1. The molecule has 2 saturated heterocycles. The summed E-state index contributed by atoms with van der Waals surface area (Å²) in [5.74, 6) is -0.532. The first kappa shape index (κ1) is 12.1. The van der Waals surface area contributed by atoms with E-state index in [1.54, 1.807) is 17.9 Å². The van der Waals surface area contributed by atoms with Crippen LogP contribution in [0, 0.1) is 12.7 Å². The monoisotopic (exact) mass is 262 g/mol. The Morgan fingerprint density at radius 2 is 2.05 bits per heavy atom. The molecule has 0 aliphatic carbocycles. The van der Waals surface area contributed by atoms with Crippen LogP contribution in [0.2, 0.25) is 0 Å². The van der Waals surface area contributed by atoms with E-state index in [1.807, 2.05) is 0 Å². The molecule has 5 heteroatoms. The van der Waals surface area contributed by atoms with Crippen molar-refractivity contribution in [1.29, 1.82) is 0 Å². The van der Waals surface area contributed by atoms with Gasteiger partial charge in [-0.15, -0.1) is 0 Å². The van der Waals surface area contributed by atoms with E-state index in [0.29, 0.717) is 18.7 Å². The first-order chi connectivity index (χ1) is 9.06. The number of aryl methyl sites for hydroxylation is 1. The summed E-state index contributed by atoms with van der Waals surface area (Å²) < 4.78 is 13.4. The topological polar surface area (TPSA) is 40.6 Å². The van der Waals surface area contributed by atoms with Crippen molar-refractivity contribution < 1.29 is 14.0 Å². The maximum absolute atomic E-state index is 13.4. The van der Waals surface area contributed by atoms with Gasteiger partial charge in [0.05, 0.1) is 0 Å². The van der Waals surface area contributed by atoms with E-state index in [2.05, 4.69) is 0 Å². The molecule has 0 saturated carbocycles. The molecule has 0 bridgehead atoms. The lowest BCUT2D eigenvalue weighted by molar-refractivity contribution is -0.140. The number of carbonyl (C=O) groups is 2. The number of hydrogen-bond donors (Lipinski definition) is 0. The zero-order valence-corrected chi connectivity index (χ0v) is 10.7. The minimum Gasteiger partial charge on any atom is -0.329 e. The molecule has 2 aliphatic rings. The van der Waals surface area contributed by atoms with E-state index < -0.39 is 0 Å². The van der Waals surface area contributed by atoms with Gasteiger partial charge >= 0.3 is 0 Å². The van der Waals surface area contributed by atoms with Crippen LogP contribution in [0.5, 0.6) is 0 Å². The molecule has 2 fully saturated rings. The van der Waals surface area contributed by atoms with Gasteiger partial charge in [0, 0.05) is 12.2 Å². The summed E-state index contributed by atoms with van der Waals surface area (Å²) in [6.45, 7) is 2.44. The van der Waals surface area contributed by atoms with Crippen molar-refractivity contribution in [2.75, 3.05) is 18.0 Å². The van der Waals surface area contributed by atoms with E-state index in [-0.39, 0.29) is 30.2 Å². The van der Waals surface area contributed by atoms with Gasteiger partial charge in [-0.25, -0.2) is 4.39 Å². The minimum absolute atomic E-state index is 0.0121. The van der Waals surface area contributed by atoms with Gasteiger partial charge < -0.3 is 9.80 Å². The molecule has 1 aromatic carbocycles. The van der Waals surface area contributed by atoms with Crippen molar-refractivity contribution in [3.63, 3.8) is 0 Å². The molecule has 0 aromatic heterocycles. The molecule has 2 amide bonds. The molecule has 1 unspecified atom stereocenters. The minimum atomic E-state index is -0.385. The fourth-order valence-electron chi connectivity index (χ4n) is 2.90. The SMILES string of the molecule is Cc1cc(F)cc(N2CC(=O)N3CCCC3C2=O)c1. The zero-order chi connectivity index (χ0) is 13.6. The molecule has 4 nitrogen and oxygen atoms in total. The Bertz CT molecular complexity index is 538. The van der Waals surface area contributed by atoms with Crippen molar-refractivity contribution in [3.05, 3.63) is 29.6 Å². The number of fused-ring (bicyclic) bond motifs is 1. The van der Waals surface area contributed by atoms with Gasteiger partial charge in [-0.1, -0.05) is 0 Å². The fourth-order valence-corrected chi connectivity index (χ4v) is 2.90. The second kappa shape index (κ2) is 4.33. The molecule has 1 atom stereocenters. The van der Waals surface area contributed by atoms with Gasteiger partial charge in [-0.05, 0) is 43.5 Å². The van der Waals surface area contributed by atoms with Gasteiger partial charge in [0.25, 0.3) is 0 Å². The van der Waals surface area contributed by atoms with Gasteiger partial charge in [-0.2, -0.15) is 0 Å². The van der Waals surface area contributed by atoms with Crippen molar-refractivity contribution in [2.24, 2.45) is 0 Å². The molecule has 2 aliphatic heterocycles. The van der Waals surface area contributed by atoms with E-state index in [4.69, 9.17) is 0 Å². The van der Waals surface area contributed by atoms with E-state index in [1.165, 1.54) is 17.0 Å². The van der Waals surface area contributed by atoms with Crippen LogP contribution in [-0.2, 0) is 9.59 Å². The first-order valence-corrected chi connectivity index (χ1v) is 6.44. The van der Waals surface area contributed by atoms with Crippen LogP contribution in [0.3, 0.4) is 0 Å². The molecule has 19 heavy (non-hydrogen) atoms. The Kier molecular flexibility index (Phi) is 2.77. The third kappa shape index (κ3) is 1.99. The van der Waals surface area contributed by atoms with Gasteiger partial charge in [0.2, 0.25) is 11.8 Å². The molecule has 3 rings (SSSR count). The Hall–Kier alpha value is -1.91. The highest BCUT2D eigenvalue weighted by Crippen LogP contribution is 2.28. The molecular formula is C14H15FN2O2. The fraction of sp³-hybridized carbons (Fsp3) is 0.429. The second-order valence-corrected chi connectivity index (χ2v) is 5.16. The van der Waals surface area contributed by atoms with Crippen molar-refractivity contribution in [1.82, 2.24) is 4.90 Å². The lowest BCUT2D eigenvalue weighted by atomic mass is 10.1. The lowest BCUT2D eigenvalue weighted by Crippen LogP contribution is -2.57. The number of halogens is 1. The van der Waals surface area contributed by atoms with Crippen LogP contribution in [0.4, 0.5) is 10.1 Å². The van der Waals surface area contributed by atoms with Crippen LogP contribution in [0.15, 0.2) is 18.2 Å². The highest BCUT2D eigenvalue weighted by Gasteiger charge is 2.42. The molecule has 100 valence electrons. The zero-order valence-electron chi connectivity index (χ0n) is 10.7. The predicted octanol–water partition coefficient (Wildman–Crippen LogP) is 1.47. The average Bonchev–Trinajstić information content (AvgIpc) is 2.82. The van der Waals surface area contributed by atoms with Crippen LogP contribution >= 0.6 is 0 Å². The van der Waals surface area contributed by atoms with E-state index in [0.717, 1.165) is 12.0 Å². The third-order valence-electron chi connectivity index (χ3n) is 3.76. The number of amides is 2. The summed E-state index contributed by atoms with van der Waals surface area (Å²) >= 11 is 0. The highest BCUT2D eigenvalue weighted by molar-refractivity contribution is 6.06. The van der Waals surface area contributed by atoms with Crippen molar-refractivity contribution in [2.45, 2.75) is 25.8 Å². The number of rotatable bonds is 1. The Labute approximate surface area is 110 Å². The van der Waals surface area contributed by atoms with Crippen molar-refractivity contribution in [3.8, 4) is 0 Å². The smallest absolute Gasteiger partial charge is 0.250 e. The number of anilines is 1. The lowest BCUT2D eigenvalue weighted by Gasteiger charge is -2.36. The van der Waals surface area contributed by atoms with Crippen molar-refractivity contribution >= 4 is 17.5 Å². The number of hydrogen-bond acceptors (Lipinski definition) is 2. The highest BCUT2D eigenvalue weighted by atomic mass is 19.1. The van der Waals surface area contributed by atoms with Crippen LogP contribution in [-0.4, -0.2) is 35.8 Å². The normalized spacial score (nSPS) is 22.9. The third-order valence-corrected chi connectivity index (χ3v) is 3.76. The summed E-state index contributed by atoms with van der Waals surface area (Å²) in [6.07, 6.45) is 1.56. The average molecular weight is 262 g/mol. The summed E-state index contributed by atoms with van der Waals surface area (Å²) in [6, 6.07) is 4.09. The molecule has 2 heterocycles. The predicted molar refractivity (Wildman–Crippen MR) is 68.2 cm³/mol. The molecule has 0 N–H and O–H groups in total. The summed E-state index contributed by atoms with van der Waals surface area (Å²) in [5, 5.41) is 0. The number of carbonyl (C=O) groups excluding carboxylic acids is 2. The maximum atomic E-state index is 13.4. The Morgan fingerprint density at radius 1 is 1.26 bits per heavy atom. The first-order valence-electron chi connectivity index (χ1n) is 6.44. The van der Waals surface area contributed by atoms with Gasteiger partial charge in [-0.3, -0.25) is 9.59 Å². The maximum Gasteiger partial charge on any atom is 0.250 e. The summed E-state index contributed by atoms with van der Waals surface area (Å²) in [5.41, 5.74) is 1.21. The van der Waals surface area contributed by atoms with Crippen LogP contribution < -0.4 is 4.90 Å². The standard InChI is InChI=1S/C14H15FN2O2/c1-9-5-10(15)7-11(6-9)17-8-13(18)16-4-2-3-12(16)14(17)19/h5-7,12H,2-4,8H2,1H3. The Morgan fingerprint density at radius 3 is 2.79 bits per heavy atom. The summed E-state index contributed by atoms with van der Waals surface area (Å²) in [7, 11) is 0. The number of nitrogens with zero attached hydrogens (tertiary/aromatic N) is 2. The molecule has 0 radical (unpaired) electrons. The second-order valence-electron chi connectivity index (χ2n) is 5.16. The van der Waals surface area contributed by atoms with Gasteiger partial charge in [0.1, 0.15) is 18.4 Å². The van der Waals surface area contributed by atoms with E-state index in [9.17, 15) is 14.0 Å². The summed E-state index contributed by atoms with van der Waals surface area (Å²) in [4.78, 5) is 27.4. The number of benzene rings is 1. The largest absolute Gasteiger partial charge is 0.329 e. The van der Waals surface area contributed by atoms with E-state index >= 15 is 0 Å². The molecule has 1 aromatic rings. The van der Waals surface area contributed by atoms with Gasteiger partial charge in [0.15, 0.2) is 0 Å².